The molecule has 1 amide bonds. The van der Waals surface area contributed by atoms with Crippen LogP contribution in [0.4, 0.5) is 0 Å². The maximum Gasteiger partial charge on any atom is 0.251 e. The molecular weight excluding hydrogens is 130 g/mol. The van der Waals surface area contributed by atoms with Gasteiger partial charge >= 0.3 is 0 Å². The third-order valence-corrected chi connectivity index (χ3v) is 1.46. The van der Waals surface area contributed by atoms with Gasteiger partial charge in [-0.2, -0.15) is 10.2 Å². The molecule has 2 N–H and O–H groups in total. The molecule has 1 aliphatic heterocycles. The van der Waals surface area contributed by atoms with E-state index in [0.29, 0.717) is 6.42 Å². The smallest absolute Gasteiger partial charge is 0.251 e. The first kappa shape index (κ1) is 6.92. The summed E-state index contributed by atoms with van der Waals surface area (Å²) in [6.07, 6.45) is 3.33. The Hall–Kier alpha value is -1.19. The Morgan fingerprint density at radius 1 is 1.80 bits per heavy atom. The molecule has 1 atom stereocenters. The quantitative estimate of drug-likeness (QED) is 0.590. The lowest BCUT2D eigenvalue weighted by Crippen LogP contribution is -2.38. The Balaban J connectivity index is 2.90. The topological polar surface area (TPSA) is 67.8 Å². The SMILES string of the molecule is [CH2]CC1(C(N)=O)C=CN=N1. The fourth-order valence-corrected chi connectivity index (χ4v) is 0.714. The van der Waals surface area contributed by atoms with Crippen LogP contribution in [0.1, 0.15) is 6.42 Å². The second kappa shape index (κ2) is 2.21. The molecule has 0 spiro atoms. The zero-order chi connectivity index (χ0) is 7.61. The van der Waals surface area contributed by atoms with E-state index in [2.05, 4.69) is 17.2 Å². The van der Waals surface area contributed by atoms with Crippen LogP contribution in [-0.2, 0) is 4.79 Å². The molecule has 10 heavy (non-hydrogen) atoms. The first-order valence-electron chi connectivity index (χ1n) is 2.90. The number of nitrogens with two attached hydrogens (primary N) is 1. The average molecular weight is 138 g/mol. The van der Waals surface area contributed by atoms with Crippen molar-refractivity contribution in [1.82, 2.24) is 0 Å². The van der Waals surface area contributed by atoms with Crippen molar-refractivity contribution in [3.8, 4) is 0 Å². The van der Waals surface area contributed by atoms with Crippen LogP contribution in [0.3, 0.4) is 0 Å². The van der Waals surface area contributed by atoms with Crippen molar-refractivity contribution in [3.05, 3.63) is 19.2 Å². The van der Waals surface area contributed by atoms with E-state index >= 15 is 0 Å². The molecule has 1 radical (unpaired) electrons. The van der Waals surface area contributed by atoms with Crippen LogP contribution in [-0.4, -0.2) is 11.4 Å². The summed E-state index contributed by atoms with van der Waals surface area (Å²) in [5.74, 6) is -0.500. The van der Waals surface area contributed by atoms with E-state index in [9.17, 15) is 4.79 Å². The monoisotopic (exact) mass is 138 g/mol. The predicted molar refractivity (Wildman–Crippen MR) is 35.9 cm³/mol. The highest BCUT2D eigenvalue weighted by atomic mass is 16.1. The average Bonchev–Trinajstić information content (AvgIpc) is 2.35. The molecule has 53 valence electrons. The van der Waals surface area contributed by atoms with Gasteiger partial charge in [0.1, 0.15) is 0 Å². The van der Waals surface area contributed by atoms with Crippen molar-refractivity contribution in [2.24, 2.45) is 16.0 Å². The van der Waals surface area contributed by atoms with Gasteiger partial charge in [-0.15, -0.1) is 0 Å². The molecule has 0 aromatic rings. The summed E-state index contributed by atoms with van der Waals surface area (Å²) in [5, 5.41) is 7.19. The summed E-state index contributed by atoms with van der Waals surface area (Å²) in [6, 6.07) is 0. The number of nitrogens with zero attached hydrogens (tertiary/aromatic N) is 2. The standard InChI is InChI=1S/C6H8N3O/c1-2-6(5(7)10)3-4-8-9-6/h3-4H,1-2H2,(H2,7,10). The van der Waals surface area contributed by atoms with E-state index in [4.69, 9.17) is 5.73 Å². The second-order valence-corrected chi connectivity index (χ2v) is 2.07. The van der Waals surface area contributed by atoms with Crippen molar-refractivity contribution < 1.29 is 4.79 Å². The highest BCUT2D eigenvalue weighted by molar-refractivity contribution is 5.87. The number of amides is 1. The molecule has 0 aromatic heterocycles. The van der Waals surface area contributed by atoms with E-state index in [1.807, 2.05) is 0 Å². The number of hydrogen-bond acceptors (Lipinski definition) is 3. The zero-order valence-corrected chi connectivity index (χ0v) is 5.45. The Labute approximate surface area is 58.8 Å². The van der Waals surface area contributed by atoms with Gasteiger partial charge in [0, 0.05) is 6.20 Å². The number of carbonyl (C=O) groups excluding carboxylic acids is 1. The molecule has 0 saturated carbocycles. The van der Waals surface area contributed by atoms with Gasteiger partial charge in [-0.25, -0.2) is 0 Å². The lowest BCUT2D eigenvalue weighted by atomic mass is 9.97. The van der Waals surface area contributed by atoms with E-state index in [-0.39, 0.29) is 0 Å². The summed E-state index contributed by atoms with van der Waals surface area (Å²) in [4.78, 5) is 10.7. The van der Waals surface area contributed by atoms with Crippen molar-refractivity contribution in [1.29, 1.82) is 0 Å². The first-order valence-corrected chi connectivity index (χ1v) is 2.90. The minimum absolute atomic E-state index is 0.322. The summed E-state index contributed by atoms with van der Waals surface area (Å²) < 4.78 is 0. The highest BCUT2D eigenvalue weighted by Gasteiger charge is 2.33. The van der Waals surface area contributed by atoms with E-state index in [1.165, 1.54) is 6.20 Å². The third-order valence-electron chi connectivity index (χ3n) is 1.46. The first-order chi connectivity index (χ1) is 4.71. The van der Waals surface area contributed by atoms with Crippen LogP contribution >= 0.6 is 0 Å². The van der Waals surface area contributed by atoms with Gasteiger partial charge in [0.15, 0.2) is 5.54 Å². The fourth-order valence-electron chi connectivity index (χ4n) is 0.714. The van der Waals surface area contributed by atoms with Crippen LogP contribution in [0.25, 0.3) is 0 Å². The van der Waals surface area contributed by atoms with Gasteiger partial charge in [0.2, 0.25) is 0 Å². The summed E-state index contributed by atoms with van der Waals surface area (Å²) in [5.41, 5.74) is 4.10. The van der Waals surface area contributed by atoms with E-state index in [1.54, 1.807) is 6.08 Å². The second-order valence-electron chi connectivity index (χ2n) is 2.07. The van der Waals surface area contributed by atoms with Crippen molar-refractivity contribution in [2.45, 2.75) is 12.0 Å². The van der Waals surface area contributed by atoms with Crippen LogP contribution in [0, 0.1) is 6.92 Å². The summed E-state index contributed by atoms with van der Waals surface area (Å²) >= 11 is 0. The molecule has 0 aromatic carbocycles. The molecule has 1 unspecified atom stereocenters. The van der Waals surface area contributed by atoms with Crippen LogP contribution in [0.15, 0.2) is 22.5 Å². The predicted octanol–water partition coefficient (Wildman–Crippen LogP) is 0.414. The maximum atomic E-state index is 10.7. The zero-order valence-electron chi connectivity index (χ0n) is 5.45. The van der Waals surface area contributed by atoms with Crippen molar-refractivity contribution in [2.75, 3.05) is 0 Å². The van der Waals surface area contributed by atoms with Gasteiger partial charge in [-0.3, -0.25) is 4.79 Å². The maximum absolute atomic E-state index is 10.7. The summed E-state index contributed by atoms with van der Waals surface area (Å²) in [7, 11) is 0. The molecule has 0 bridgehead atoms. The number of rotatable bonds is 2. The van der Waals surface area contributed by atoms with E-state index < -0.39 is 11.4 Å². The molecule has 1 rings (SSSR count). The van der Waals surface area contributed by atoms with Gasteiger partial charge in [0.25, 0.3) is 5.91 Å². The van der Waals surface area contributed by atoms with Gasteiger partial charge in [0.05, 0.1) is 0 Å². The highest BCUT2D eigenvalue weighted by Crippen LogP contribution is 2.22. The van der Waals surface area contributed by atoms with Crippen molar-refractivity contribution >= 4 is 5.91 Å². The number of hydrogen-bond donors (Lipinski definition) is 1. The van der Waals surface area contributed by atoms with Gasteiger partial charge in [-0.1, -0.05) is 0 Å². The minimum atomic E-state index is -0.958. The Morgan fingerprint density at radius 3 is 2.70 bits per heavy atom. The number of azo groups is 1. The fraction of sp³-hybridized carbons (Fsp3) is 0.333. The lowest BCUT2D eigenvalue weighted by molar-refractivity contribution is -0.121. The van der Waals surface area contributed by atoms with Gasteiger partial charge in [-0.05, 0) is 19.4 Å². The third kappa shape index (κ3) is 0.814. The molecule has 4 heteroatoms. The van der Waals surface area contributed by atoms with Crippen molar-refractivity contribution in [3.63, 3.8) is 0 Å². The molecule has 0 saturated heterocycles. The molecule has 0 aliphatic carbocycles. The Bertz CT molecular complexity index is 195. The number of carbonyl (C=O) groups is 1. The molecule has 4 nitrogen and oxygen atoms in total. The molecule has 1 aliphatic rings. The minimum Gasteiger partial charge on any atom is -0.367 e. The lowest BCUT2D eigenvalue weighted by Gasteiger charge is -2.14. The molecule has 0 fully saturated rings. The Kier molecular flexibility index (Phi) is 1.53. The van der Waals surface area contributed by atoms with Crippen LogP contribution < -0.4 is 5.73 Å². The van der Waals surface area contributed by atoms with E-state index in [0.717, 1.165) is 0 Å². The summed E-state index contributed by atoms with van der Waals surface area (Å²) in [6.45, 7) is 3.56. The molecular formula is C6H8N3O. The Morgan fingerprint density at radius 2 is 2.50 bits per heavy atom. The molecule has 1 heterocycles. The number of primary amides is 1. The largest absolute Gasteiger partial charge is 0.367 e. The van der Waals surface area contributed by atoms with Crippen LogP contribution in [0.5, 0.6) is 0 Å². The van der Waals surface area contributed by atoms with Gasteiger partial charge < -0.3 is 5.73 Å². The van der Waals surface area contributed by atoms with Crippen LogP contribution in [0.2, 0.25) is 0 Å². The normalized spacial score (nSPS) is 29.3.